The van der Waals surface area contributed by atoms with Crippen molar-refractivity contribution in [2.45, 2.75) is 6.61 Å². The summed E-state index contributed by atoms with van der Waals surface area (Å²) >= 11 is 0. The first-order valence-corrected chi connectivity index (χ1v) is 10.0. The van der Waals surface area contributed by atoms with Crippen molar-refractivity contribution in [2.75, 3.05) is 4.90 Å². The Morgan fingerprint density at radius 3 is 2.00 bits per heavy atom. The van der Waals surface area contributed by atoms with Gasteiger partial charge in [-0.3, -0.25) is 4.79 Å². The van der Waals surface area contributed by atoms with Crippen LogP contribution >= 0.6 is 0 Å². The maximum absolute atomic E-state index is 14.6. The smallest absolute Gasteiger partial charge is 0.420 e. The molecule has 0 radical (unpaired) electrons. The summed E-state index contributed by atoms with van der Waals surface area (Å²) in [6, 6.07) is 23.5. The Labute approximate surface area is 188 Å². The van der Waals surface area contributed by atoms with Crippen LogP contribution in [0.15, 0.2) is 97.2 Å². The van der Waals surface area contributed by atoms with Crippen molar-refractivity contribution >= 4 is 23.4 Å². The zero-order valence-electron chi connectivity index (χ0n) is 17.3. The number of carbonyl (C=O) groups excluding carboxylic acids is 2. The summed E-state index contributed by atoms with van der Waals surface area (Å²) in [6.07, 6.45) is 0.235. The highest BCUT2D eigenvalue weighted by Gasteiger charge is 2.27. The Hall–Kier alpha value is -4.39. The number of aromatic nitrogens is 1. The molecule has 0 fully saturated rings. The lowest BCUT2D eigenvalue weighted by atomic mass is 10.1. The van der Waals surface area contributed by atoms with Gasteiger partial charge in [0.25, 0.3) is 0 Å². The van der Waals surface area contributed by atoms with E-state index in [1.54, 1.807) is 54.6 Å². The van der Waals surface area contributed by atoms with Gasteiger partial charge in [0.15, 0.2) is 5.78 Å². The number of hydrogen-bond donors (Lipinski definition) is 0. The fourth-order valence-corrected chi connectivity index (χ4v) is 3.19. The topological polar surface area (TPSA) is 59.5 Å². The van der Waals surface area contributed by atoms with Gasteiger partial charge in [-0.1, -0.05) is 66.7 Å². The van der Waals surface area contributed by atoms with Gasteiger partial charge in [-0.2, -0.15) is 0 Å². The number of amides is 1. The van der Waals surface area contributed by atoms with E-state index in [0.29, 0.717) is 16.0 Å². The number of rotatable bonds is 6. The third-order valence-corrected chi connectivity index (χ3v) is 4.82. The summed E-state index contributed by atoms with van der Waals surface area (Å²) in [5.41, 5.74) is 0.810. The summed E-state index contributed by atoms with van der Waals surface area (Å²) in [4.78, 5) is 30.4. The third-order valence-electron chi connectivity index (χ3n) is 4.82. The Morgan fingerprint density at radius 1 is 0.758 bits per heavy atom. The second kappa shape index (κ2) is 9.82. The largest absolute Gasteiger partial charge is 0.444 e. The van der Waals surface area contributed by atoms with Crippen LogP contribution in [0.3, 0.4) is 0 Å². The number of ketones is 1. The molecular weight excluding hydrogens is 426 g/mol. The predicted molar refractivity (Wildman–Crippen MR) is 119 cm³/mol. The van der Waals surface area contributed by atoms with Crippen LogP contribution in [-0.2, 0) is 11.3 Å². The van der Waals surface area contributed by atoms with Crippen LogP contribution in [0.2, 0.25) is 0 Å². The Morgan fingerprint density at radius 2 is 1.39 bits per heavy atom. The highest BCUT2D eigenvalue weighted by atomic mass is 19.1. The van der Waals surface area contributed by atoms with Crippen LogP contribution in [0.25, 0.3) is 0 Å². The molecule has 0 unspecified atom stereocenters. The second-order valence-electron chi connectivity index (χ2n) is 7.05. The Kier molecular flexibility index (Phi) is 6.50. The van der Waals surface area contributed by atoms with Crippen molar-refractivity contribution in [1.29, 1.82) is 0 Å². The summed E-state index contributed by atoms with van der Waals surface area (Å²) < 4.78 is 34.4. The van der Waals surface area contributed by atoms with E-state index in [1.807, 2.05) is 6.07 Å². The fourth-order valence-electron chi connectivity index (χ4n) is 3.19. The van der Waals surface area contributed by atoms with Gasteiger partial charge in [0.05, 0.1) is 0 Å². The molecule has 164 valence electrons. The minimum Gasteiger partial charge on any atom is -0.444 e. The molecule has 0 spiro atoms. The molecule has 0 atom stereocenters. The zero-order chi connectivity index (χ0) is 23.2. The third kappa shape index (κ3) is 4.93. The number of anilines is 2. The second-order valence-corrected chi connectivity index (χ2v) is 7.05. The predicted octanol–water partition coefficient (Wildman–Crippen LogP) is 6.07. The minimum absolute atomic E-state index is 0.0957. The fraction of sp³-hybridized carbons (Fsp3) is 0.0385. The van der Waals surface area contributed by atoms with Gasteiger partial charge in [-0.25, -0.2) is 23.5 Å². The molecule has 1 amide bonds. The lowest BCUT2D eigenvalue weighted by Crippen LogP contribution is -2.29. The van der Waals surface area contributed by atoms with Crippen molar-refractivity contribution in [1.82, 2.24) is 4.98 Å². The van der Waals surface area contributed by atoms with E-state index in [2.05, 4.69) is 4.98 Å². The van der Waals surface area contributed by atoms with Gasteiger partial charge < -0.3 is 4.74 Å². The minimum atomic E-state index is -1.02. The average molecular weight is 444 g/mol. The number of ether oxygens (including phenoxy) is 1. The molecule has 5 nitrogen and oxygen atoms in total. The first kappa shape index (κ1) is 21.8. The van der Waals surface area contributed by atoms with Crippen LogP contribution in [-0.4, -0.2) is 16.9 Å². The lowest BCUT2D eigenvalue weighted by Gasteiger charge is -2.22. The number of benzene rings is 3. The van der Waals surface area contributed by atoms with Gasteiger partial charge in [0, 0.05) is 17.3 Å². The van der Waals surface area contributed by atoms with Crippen LogP contribution in [0.4, 0.5) is 25.1 Å². The van der Waals surface area contributed by atoms with E-state index < -0.39 is 23.4 Å². The van der Waals surface area contributed by atoms with E-state index in [-0.39, 0.29) is 23.8 Å². The number of pyridine rings is 1. The van der Waals surface area contributed by atoms with Crippen molar-refractivity contribution < 1.29 is 23.1 Å². The van der Waals surface area contributed by atoms with Crippen LogP contribution < -0.4 is 4.90 Å². The summed E-state index contributed by atoms with van der Waals surface area (Å²) in [5, 5.41) is 0. The summed E-state index contributed by atoms with van der Waals surface area (Å²) in [5.74, 6) is -2.29. The van der Waals surface area contributed by atoms with E-state index in [9.17, 15) is 18.4 Å². The zero-order valence-corrected chi connectivity index (χ0v) is 17.3. The van der Waals surface area contributed by atoms with Crippen molar-refractivity contribution in [2.24, 2.45) is 0 Å². The first-order valence-electron chi connectivity index (χ1n) is 10.0. The molecule has 1 aromatic heterocycles. The first-order chi connectivity index (χ1) is 16.0. The van der Waals surface area contributed by atoms with Crippen molar-refractivity contribution in [3.8, 4) is 0 Å². The number of hydrogen-bond acceptors (Lipinski definition) is 4. The standard InChI is InChI=1S/C26H18F2N2O3/c27-21-12-7-13-22(28)24(21)30(26(32)33-17-18-8-3-1-4-9-18)23-15-14-20(16-29-23)25(31)19-10-5-2-6-11-19/h1-16H,17H2. The maximum atomic E-state index is 14.6. The molecule has 0 saturated carbocycles. The van der Waals surface area contributed by atoms with E-state index in [0.717, 1.165) is 12.1 Å². The molecule has 7 heteroatoms. The van der Waals surface area contributed by atoms with E-state index in [4.69, 9.17) is 4.74 Å². The number of para-hydroxylation sites is 1. The summed E-state index contributed by atoms with van der Waals surface area (Å²) in [6.45, 7) is -0.100. The van der Waals surface area contributed by atoms with Crippen LogP contribution in [0, 0.1) is 11.6 Å². The molecule has 0 aliphatic rings. The Balaban J connectivity index is 1.66. The molecule has 0 aliphatic carbocycles. The average Bonchev–Trinajstić information content (AvgIpc) is 2.86. The molecular formula is C26H18F2N2O3. The Bertz CT molecular complexity index is 1240. The molecule has 0 aliphatic heterocycles. The van der Waals surface area contributed by atoms with Crippen LogP contribution in [0.5, 0.6) is 0 Å². The van der Waals surface area contributed by atoms with Crippen molar-refractivity contribution in [3.63, 3.8) is 0 Å². The SMILES string of the molecule is O=C(c1ccccc1)c1ccc(N(C(=O)OCc2ccccc2)c2c(F)cccc2F)nc1. The van der Waals surface area contributed by atoms with Gasteiger partial charge >= 0.3 is 6.09 Å². The normalized spacial score (nSPS) is 10.5. The molecule has 3 aromatic carbocycles. The van der Waals surface area contributed by atoms with Gasteiger partial charge in [-0.15, -0.1) is 0 Å². The number of carbonyl (C=O) groups is 2. The van der Waals surface area contributed by atoms with Gasteiger partial charge in [0.2, 0.25) is 0 Å². The number of halogens is 2. The van der Waals surface area contributed by atoms with Gasteiger partial charge in [-0.05, 0) is 29.8 Å². The summed E-state index contributed by atoms with van der Waals surface area (Å²) in [7, 11) is 0. The van der Waals surface area contributed by atoms with Crippen molar-refractivity contribution in [3.05, 3.63) is 126 Å². The van der Waals surface area contributed by atoms with E-state index in [1.165, 1.54) is 24.4 Å². The monoisotopic (exact) mass is 444 g/mol. The van der Waals surface area contributed by atoms with Gasteiger partial charge in [0.1, 0.15) is 29.7 Å². The maximum Gasteiger partial charge on any atom is 0.420 e. The molecule has 4 aromatic rings. The molecule has 4 rings (SSSR count). The highest BCUT2D eigenvalue weighted by Crippen LogP contribution is 2.30. The molecule has 0 bridgehead atoms. The molecule has 1 heterocycles. The molecule has 0 saturated heterocycles. The quantitative estimate of drug-likeness (QED) is 0.339. The lowest BCUT2D eigenvalue weighted by molar-refractivity contribution is 0.103. The van der Waals surface area contributed by atoms with E-state index >= 15 is 0 Å². The number of nitrogens with zero attached hydrogens (tertiary/aromatic N) is 2. The van der Waals surface area contributed by atoms with Crippen LogP contribution in [0.1, 0.15) is 21.5 Å². The molecule has 0 N–H and O–H groups in total. The molecule has 33 heavy (non-hydrogen) atoms. The highest BCUT2D eigenvalue weighted by molar-refractivity contribution is 6.09.